The number of alkyl halides is 1. The van der Waals surface area contributed by atoms with Gasteiger partial charge in [0, 0.05) is 18.5 Å². The maximum atomic E-state index is 6.52. The van der Waals surface area contributed by atoms with Gasteiger partial charge < -0.3 is 5.73 Å². The lowest BCUT2D eigenvalue weighted by atomic mass is 10.1. The largest absolute Gasteiger partial charge is 0.386 e. The fraction of sp³-hybridized carbons (Fsp3) is 0.556. The molecule has 1 aromatic carbocycles. The second-order valence-electron chi connectivity index (χ2n) is 6.77. The third-order valence-electron chi connectivity index (χ3n) is 4.88. The van der Waals surface area contributed by atoms with Gasteiger partial charge in [0.15, 0.2) is 0 Å². The summed E-state index contributed by atoms with van der Waals surface area (Å²) in [7, 11) is 0. The van der Waals surface area contributed by atoms with Gasteiger partial charge in [0.05, 0.1) is 32.2 Å². The van der Waals surface area contributed by atoms with Crippen molar-refractivity contribution in [1.82, 2.24) is 9.78 Å². The summed E-state index contributed by atoms with van der Waals surface area (Å²) in [4.78, 5) is 4.23. The molecule has 0 bridgehead atoms. The van der Waals surface area contributed by atoms with E-state index in [-0.39, 0.29) is 5.88 Å². The number of amidine groups is 1. The Bertz CT molecular complexity index is 809. The summed E-state index contributed by atoms with van der Waals surface area (Å²) in [5, 5.41) is 7.06. The Morgan fingerprint density at radius 1 is 1.23 bits per heavy atom. The van der Waals surface area contributed by atoms with Crippen molar-refractivity contribution < 1.29 is 0 Å². The van der Waals surface area contributed by atoms with E-state index in [1.165, 1.54) is 25.7 Å². The van der Waals surface area contributed by atoms with Crippen LogP contribution in [-0.4, -0.2) is 28.0 Å². The molecule has 3 rings (SSSR count). The Morgan fingerprint density at radius 2 is 1.96 bits per heavy atom. The number of rotatable bonds is 7. The molecule has 0 spiro atoms. The molecule has 1 aliphatic carbocycles. The summed E-state index contributed by atoms with van der Waals surface area (Å²) in [6.45, 7) is 1.50. The van der Waals surface area contributed by atoms with E-state index in [1.54, 1.807) is 0 Å². The molecule has 1 aromatic heterocycles. The first-order valence-corrected chi connectivity index (χ1v) is 10.6. The fourth-order valence-electron chi connectivity index (χ4n) is 3.57. The van der Waals surface area contributed by atoms with E-state index < -0.39 is 0 Å². The minimum Gasteiger partial charge on any atom is -0.386 e. The quantitative estimate of drug-likeness (QED) is 0.199. The molecule has 0 atom stereocenters. The van der Waals surface area contributed by atoms with Gasteiger partial charge in [0.2, 0.25) is 0 Å². The third kappa shape index (κ3) is 4.41. The van der Waals surface area contributed by atoms with Gasteiger partial charge >= 0.3 is 0 Å². The first-order chi connectivity index (χ1) is 12.5. The first kappa shape index (κ1) is 20.1. The number of hydrogen-bond donors (Lipinski definition) is 1. The van der Waals surface area contributed by atoms with Gasteiger partial charge in [-0.2, -0.15) is 5.10 Å². The third-order valence-corrected chi connectivity index (χ3v) is 6.41. The molecular weight excluding hydrogens is 414 g/mol. The number of nitrogens with zero attached hydrogens (tertiary/aromatic N) is 3. The molecule has 0 aliphatic heterocycles. The molecule has 1 heterocycles. The van der Waals surface area contributed by atoms with E-state index in [4.69, 9.17) is 57.2 Å². The van der Waals surface area contributed by atoms with Gasteiger partial charge in [-0.1, -0.05) is 47.6 Å². The molecule has 2 aromatic rings. The summed E-state index contributed by atoms with van der Waals surface area (Å²) in [6, 6.07) is 1.88. The number of hydrogen-bond acceptors (Lipinski definition) is 2. The van der Waals surface area contributed by atoms with E-state index in [9.17, 15) is 0 Å². The van der Waals surface area contributed by atoms with Crippen LogP contribution in [0.25, 0.3) is 10.9 Å². The van der Waals surface area contributed by atoms with Crippen molar-refractivity contribution in [1.29, 1.82) is 0 Å². The Morgan fingerprint density at radius 3 is 2.65 bits per heavy atom. The Kier molecular flexibility index (Phi) is 6.95. The normalized spacial score (nSPS) is 16.1. The van der Waals surface area contributed by atoms with Crippen LogP contribution in [0.15, 0.2) is 11.1 Å². The van der Waals surface area contributed by atoms with Crippen LogP contribution < -0.4 is 5.73 Å². The summed E-state index contributed by atoms with van der Waals surface area (Å²) in [6.07, 6.45) is 6.64. The van der Waals surface area contributed by atoms with Crippen molar-refractivity contribution in [2.75, 3.05) is 12.4 Å². The maximum absolute atomic E-state index is 6.52. The van der Waals surface area contributed by atoms with E-state index in [0.717, 1.165) is 36.0 Å². The van der Waals surface area contributed by atoms with Crippen LogP contribution in [0.2, 0.25) is 15.1 Å². The first-order valence-electron chi connectivity index (χ1n) is 8.89. The highest BCUT2D eigenvalue weighted by molar-refractivity contribution is 6.50. The molecule has 0 unspecified atom stereocenters. The molecule has 142 valence electrons. The summed E-state index contributed by atoms with van der Waals surface area (Å²) >= 11 is 24.7. The topological polar surface area (TPSA) is 56.2 Å². The number of aliphatic imine (C=N–C) groups is 1. The van der Waals surface area contributed by atoms with E-state index in [0.29, 0.717) is 33.4 Å². The van der Waals surface area contributed by atoms with Gasteiger partial charge in [0.1, 0.15) is 5.84 Å². The predicted molar refractivity (Wildman–Crippen MR) is 112 cm³/mol. The van der Waals surface area contributed by atoms with Crippen LogP contribution >= 0.6 is 46.4 Å². The summed E-state index contributed by atoms with van der Waals surface area (Å²) in [5.41, 5.74) is 7.53. The van der Waals surface area contributed by atoms with Crippen LogP contribution in [0, 0.1) is 5.92 Å². The van der Waals surface area contributed by atoms with Crippen molar-refractivity contribution in [3.8, 4) is 0 Å². The summed E-state index contributed by atoms with van der Waals surface area (Å²) in [5.74, 6) is 1.36. The number of benzene rings is 1. The molecule has 4 nitrogen and oxygen atoms in total. The van der Waals surface area contributed by atoms with Crippen molar-refractivity contribution >= 4 is 63.1 Å². The van der Waals surface area contributed by atoms with Crippen LogP contribution in [0.1, 0.15) is 37.8 Å². The molecule has 2 N–H and O–H groups in total. The highest BCUT2D eigenvalue weighted by atomic mass is 35.5. The highest BCUT2D eigenvalue weighted by Gasteiger charge is 2.21. The van der Waals surface area contributed by atoms with Gasteiger partial charge in [-0.3, -0.25) is 9.67 Å². The van der Waals surface area contributed by atoms with E-state index in [2.05, 4.69) is 4.99 Å². The number of nitrogens with two attached hydrogens (primary N) is 1. The molecule has 0 radical (unpaired) electrons. The standard InChI is InChI=1S/C18H22Cl4N4/c19-9-15(23)24-7-3-6-13-16-14(8-12(20)17(21)18(16)22)26(25-13)10-11-4-1-2-5-11/h8,11H,1-7,9-10H2,(H2,23,24). The number of aromatic nitrogens is 2. The van der Waals surface area contributed by atoms with Crippen LogP contribution in [-0.2, 0) is 13.0 Å². The van der Waals surface area contributed by atoms with Crippen LogP contribution in [0.4, 0.5) is 0 Å². The van der Waals surface area contributed by atoms with Crippen LogP contribution in [0.3, 0.4) is 0 Å². The number of fused-ring (bicyclic) bond motifs is 1. The zero-order chi connectivity index (χ0) is 18.7. The molecule has 0 saturated heterocycles. The van der Waals surface area contributed by atoms with E-state index >= 15 is 0 Å². The Labute approximate surface area is 173 Å². The van der Waals surface area contributed by atoms with Crippen molar-refractivity contribution in [2.24, 2.45) is 16.6 Å². The van der Waals surface area contributed by atoms with Crippen molar-refractivity contribution in [3.63, 3.8) is 0 Å². The van der Waals surface area contributed by atoms with Crippen molar-refractivity contribution in [3.05, 3.63) is 26.8 Å². The van der Waals surface area contributed by atoms with Gasteiger partial charge in [-0.05, 0) is 37.7 Å². The van der Waals surface area contributed by atoms with Gasteiger partial charge in [-0.25, -0.2) is 0 Å². The molecule has 8 heteroatoms. The molecular formula is C18H22Cl4N4. The SMILES string of the molecule is NC(CCl)=NCCCc1nn(CC2CCCC2)c2cc(Cl)c(Cl)c(Cl)c12. The Hall–Kier alpha value is -0.680. The molecule has 1 aliphatic rings. The minimum absolute atomic E-state index is 0.249. The smallest absolute Gasteiger partial charge is 0.109 e. The Balaban J connectivity index is 1.89. The van der Waals surface area contributed by atoms with E-state index in [1.807, 2.05) is 10.7 Å². The molecule has 26 heavy (non-hydrogen) atoms. The molecule has 1 fully saturated rings. The maximum Gasteiger partial charge on any atom is 0.109 e. The van der Waals surface area contributed by atoms with Crippen LogP contribution in [0.5, 0.6) is 0 Å². The van der Waals surface area contributed by atoms with Gasteiger partial charge in [0.25, 0.3) is 0 Å². The van der Waals surface area contributed by atoms with Gasteiger partial charge in [-0.15, -0.1) is 11.6 Å². The molecule has 0 amide bonds. The second kappa shape index (κ2) is 9.01. The average Bonchev–Trinajstić information content (AvgIpc) is 3.25. The monoisotopic (exact) mass is 434 g/mol. The predicted octanol–water partition coefficient (Wildman–Crippen LogP) is 5.72. The lowest BCUT2D eigenvalue weighted by molar-refractivity contribution is 0.435. The lowest BCUT2D eigenvalue weighted by Gasteiger charge is -2.10. The minimum atomic E-state index is 0.249. The lowest BCUT2D eigenvalue weighted by Crippen LogP contribution is -2.13. The fourth-order valence-corrected chi connectivity index (χ4v) is 4.36. The highest BCUT2D eigenvalue weighted by Crippen LogP contribution is 2.39. The van der Waals surface area contributed by atoms with Crippen molar-refractivity contribution in [2.45, 2.75) is 45.1 Å². The summed E-state index contributed by atoms with van der Waals surface area (Å²) < 4.78 is 2.05. The second-order valence-corrected chi connectivity index (χ2v) is 8.20. The zero-order valence-electron chi connectivity index (χ0n) is 14.4. The number of halogens is 4. The number of aryl methyl sites for hydroxylation is 1. The zero-order valence-corrected chi connectivity index (χ0v) is 17.5. The molecule has 1 saturated carbocycles. The average molecular weight is 436 g/mol.